The van der Waals surface area contributed by atoms with E-state index in [0.29, 0.717) is 6.04 Å². The lowest BCUT2D eigenvalue weighted by Gasteiger charge is -2.31. The SMILES string of the molecule is CCCNC1CCCc2sc(N3CCCC3(C)C)nc21. The molecule has 0 amide bonds. The maximum Gasteiger partial charge on any atom is 0.186 e. The van der Waals surface area contributed by atoms with Gasteiger partial charge in [-0.2, -0.15) is 0 Å². The molecule has 3 nitrogen and oxygen atoms in total. The van der Waals surface area contributed by atoms with Crippen LogP contribution >= 0.6 is 11.3 Å². The minimum Gasteiger partial charge on any atom is -0.343 e. The van der Waals surface area contributed by atoms with Crippen molar-refractivity contribution in [3.8, 4) is 0 Å². The quantitative estimate of drug-likeness (QED) is 0.912. The highest BCUT2D eigenvalue weighted by atomic mass is 32.1. The lowest BCUT2D eigenvalue weighted by molar-refractivity contribution is 0.453. The van der Waals surface area contributed by atoms with Crippen LogP contribution in [0.4, 0.5) is 5.13 Å². The van der Waals surface area contributed by atoms with Crippen molar-refractivity contribution in [2.45, 2.75) is 70.9 Å². The van der Waals surface area contributed by atoms with Gasteiger partial charge in [0, 0.05) is 17.0 Å². The van der Waals surface area contributed by atoms with Gasteiger partial charge in [-0.05, 0) is 58.9 Å². The van der Waals surface area contributed by atoms with E-state index in [9.17, 15) is 0 Å². The first-order valence-electron chi connectivity index (χ1n) is 8.12. The van der Waals surface area contributed by atoms with Crippen LogP contribution in [-0.4, -0.2) is 23.6 Å². The van der Waals surface area contributed by atoms with Crippen LogP contribution in [0.25, 0.3) is 0 Å². The van der Waals surface area contributed by atoms with Gasteiger partial charge in [-0.1, -0.05) is 6.92 Å². The van der Waals surface area contributed by atoms with Crippen molar-refractivity contribution in [2.24, 2.45) is 0 Å². The van der Waals surface area contributed by atoms with Crippen molar-refractivity contribution >= 4 is 16.5 Å². The van der Waals surface area contributed by atoms with Crippen LogP contribution in [0.15, 0.2) is 0 Å². The van der Waals surface area contributed by atoms with E-state index in [1.165, 1.54) is 60.8 Å². The Morgan fingerprint density at radius 3 is 2.95 bits per heavy atom. The summed E-state index contributed by atoms with van der Waals surface area (Å²) in [6.45, 7) is 9.22. The maximum atomic E-state index is 5.04. The molecule has 3 rings (SSSR count). The maximum absolute atomic E-state index is 5.04. The Hall–Kier alpha value is -0.610. The van der Waals surface area contributed by atoms with Crippen LogP contribution in [-0.2, 0) is 6.42 Å². The van der Waals surface area contributed by atoms with Crippen molar-refractivity contribution in [2.75, 3.05) is 18.0 Å². The Morgan fingerprint density at radius 1 is 1.40 bits per heavy atom. The summed E-state index contributed by atoms with van der Waals surface area (Å²) in [6, 6.07) is 0.495. The summed E-state index contributed by atoms with van der Waals surface area (Å²) in [4.78, 5) is 9.11. The molecule has 1 aliphatic heterocycles. The molecule has 0 spiro atoms. The summed E-state index contributed by atoms with van der Waals surface area (Å²) in [7, 11) is 0. The molecule has 1 aromatic rings. The summed E-state index contributed by atoms with van der Waals surface area (Å²) >= 11 is 1.95. The number of anilines is 1. The standard InChI is InChI=1S/C16H27N3S/c1-4-10-17-12-7-5-8-13-14(12)18-15(20-13)19-11-6-9-16(19,2)3/h12,17H,4-11H2,1-3H3. The third-order valence-corrected chi connectivity index (χ3v) is 5.87. The first-order valence-corrected chi connectivity index (χ1v) is 8.94. The van der Waals surface area contributed by atoms with Crippen molar-refractivity contribution < 1.29 is 0 Å². The molecule has 1 aromatic heterocycles. The number of rotatable bonds is 4. The first-order chi connectivity index (χ1) is 9.62. The number of fused-ring (bicyclic) bond motifs is 1. The molecule has 112 valence electrons. The molecule has 1 saturated heterocycles. The van der Waals surface area contributed by atoms with Gasteiger partial charge in [0.05, 0.1) is 11.7 Å². The van der Waals surface area contributed by atoms with Crippen LogP contribution in [0.5, 0.6) is 0 Å². The van der Waals surface area contributed by atoms with Crippen molar-refractivity contribution in [3.05, 3.63) is 10.6 Å². The molecule has 1 unspecified atom stereocenters. The number of aromatic nitrogens is 1. The van der Waals surface area contributed by atoms with Crippen LogP contribution in [0.1, 0.15) is 69.5 Å². The number of hydrogen-bond acceptors (Lipinski definition) is 4. The van der Waals surface area contributed by atoms with Gasteiger partial charge >= 0.3 is 0 Å². The normalized spacial score (nSPS) is 24.9. The molecule has 1 atom stereocenters. The van der Waals surface area contributed by atoms with Crippen molar-refractivity contribution in [1.29, 1.82) is 0 Å². The van der Waals surface area contributed by atoms with E-state index in [2.05, 4.69) is 31.0 Å². The zero-order valence-corrected chi connectivity index (χ0v) is 13.9. The topological polar surface area (TPSA) is 28.2 Å². The molecule has 4 heteroatoms. The lowest BCUT2D eigenvalue weighted by Crippen LogP contribution is -2.38. The third kappa shape index (κ3) is 2.60. The van der Waals surface area contributed by atoms with Gasteiger partial charge in [-0.3, -0.25) is 0 Å². The summed E-state index contributed by atoms with van der Waals surface area (Å²) in [5, 5.41) is 4.94. The predicted molar refractivity (Wildman–Crippen MR) is 86.7 cm³/mol. The smallest absolute Gasteiger partial charge is 0.186 e. The predicted octanol–water partition coefficient (Wildman–Crippen LogP) is 3.90. The summed E-state index contributed by atoms with van der Waals surface area (Å²) in [5.74, 6) is 0. The second-order valence-corrected chi connectivity index (χ2v) is 7.83. The zero-order chi connectivity index (χ0) is 14.2. The molecule has 0 saturated carbocycles. The highest BCUT2D eigenvalue weighted by Crippen LogP contribution is 2.41. The summed E-state index contributed by atoms with van der Waals surface area (Å²) in [5.41, 5.74) is 1.64. The summed E-state index contributed by atoms with van der Waals surface area (Å²) in [6.07, 6.45) is 7.57. The zero-order valence-electron chi connectivity index (χ0n) is 13.0. The van der Waals surface area contributed by atoms with Crippen molar-refractivity contribution in [1.82, 2.24) is 10.3 Å². The fraction of sp³-hybridized carbons (Fsp3) is 0.812. The Labute approximate surface area is 126 Å². The van der Waals surface area contributed by atoms with Gasteiger partial charge in [0.2, 0.25) is 0 Å². The van der Waals surface area contributed by atoms with Crippen LogP contribution in [0.3, 0.4) is 0 Å². The van der Waals surface area contributed by atoms with E-state index < -0.39 is 0 Å². The van der Waals surface area contributed by atoms with E-state index in [4.69, 9.17) is 4.98 Å². The van der Waals surface area contributed by atoms with Crippen LogP contribution in [0, 0.1) is 0 Å². The van der Waals surface area contributed by atoms with Gasteiger partial charge in [0.25, 0.3) is 0 Å². The van der Waals surface area contributed by atoms with E-state index >= 15 is 0 Å². The Kier molecular flexibility index (Phi) is 4.04. The Bertz CT molecular complexity index is 466. The highest BCUT2D eigenvalue weighted by Gasteiger charge is 2.35. The molecule has 2 heterocycles. The molecule has 1 aliphatic carbocycles. The number of nitrogens with one attached hydrogen (secondary N) is 1. The van der Waals surface area contributed by atoms with Gasteiger partial charge in [-0.25, -0.2) is 4.98 Å². The number of thiazole rings is 1. The Morgan fingerprint density at radius 2 is 2.25 bits per heavy atom. The third-order valence-electron chi connectivity index (χ3n) is 4.72. The molecular formula is C16H27N3S. The fourth-order valence-electron chi connectivity index (χ4n) is 3.50. The number of nitrogens with zero attached hydrogens (tertiary/aromatic N) is 2. The second kappa shape index (κ2) is 5.64. The van der Waals surface area contributed by atoms with E-state index in [-0.39, 0.29) is 5.54 Å². The number of hydrogen-bond donors (Lipinski definition) is 1. The van der Waals surface area contributed by atoms with E-state index in [1.807, 2.05) is 11.3 Å². The number of aryl methyl sites for hydroxylation is 1. The van der Waals surface area contributed by atoms with Gasteiger partial charge in [0.15, 0.2) is 5.13 Å². The first kappa shape index (κ1) is 14.3. The molecule has 2 aliphatic rings. The molecular weight excluding hydrogens is 266 g/mol. The molecule has 1 N–H and O–H groups in total. The molecule has 0 bridgehead atoms. The lowest BCUT2D eigenvalue weighted by atomic mass is 9.97. The van der Waals surface area contributed by atoms with Gasteiger partial charge in [0.1, 0.15) is 0 Å². The van der Waals surface area contributed by atoms with Crippen LogP contribution < -0.4 is 10.2 Å². The highest BCUT2D eigenvalue weighted by molar-refractivity contribution is 7.15. The fourth-order valence-corrected chi connectivity index (χ4v) is 4.85. The van der Waals surface area contributed by atoms with Gasteiger partial charge in [-0.15, -0.1) is 11.3 Å². The largest absolute Gasteiger partial charge is 0.343 e. The summed E-state index contributed by atoms with van der Waals surface area (Å²) < 4.78 is 0. The molecule has 1 fully saturated rings. The molecule has 0 radical (unpaired) electrons. The second-order valence-electron chi connectivity index (χ2n) is 6.77. The Balaban J connectivity index is 1.84. The minimum atomic E-state index is 0.285. The minimum absolute atomic E-state index is 0.285. The average Bonchev–Trinajstić information content (AvgIpc) is 2.98. The average molecular weight is 293 g/mol. The van der Waals surface area contributed by atoms with Crippen LogP contribution in [0.2, 0.25) is 0 Å². The molecule has 20 heavy (non-hydrogen) atoms. The van der Waals surface area contributed by atoms with E-state index in [1.54, 1.807) is 0 Å². The van der Waals surface area contributed by atoms with E-state index in [0.717, 1.165) is 6.54 Å². The monoisotopic (exact) mass is 293 g/mol. The van der Waals surface area contributed by atoms with Crippen molar-refractivity contribution in [3.63, 3.8) is 0 Å². The van der Waals surface area contributed by atoms with Gasteiger partial charge < -0.3 is 10.2 Å². The molecule has 0 aromatic carbocycles.